The molecular formula is C8H6BrF2N3. The first-order chi connectivity index (χ1) is 6.57. The molecule has 2 N–H and O–H groups in total. The topological polar surface area (TPSA) is 62.7 Å². The number of alkyl halides is 2. The van der Waals surface area contributed by atoms with E-state index >= 15 is 0 Å². The van der Waals surface area contributed by atoms with Gasteiger partial charge in [0.15, 0.2) is 0 Å². The lowest BCUT2D eigenvalue weighted by molar-refractivity contribution is 0.150. The standard InChI is InChI=1S/C8H6BrF2N3/c9-6-4(1-2-12)5(7(10)11)3-14-8(6)13/h3,7H,1H2,(H2,13,14). The van der Waals surface area contributed by atoms with Gasteiger partial charge in [0.05, 0.1) is 17.0 Å². The van der Waals surface area contributed by atoms with Crippen LogP contribution in [0.15, 0.2) is 10.7 Å². The van der Waals surface area contributed by atoms with Crippen molar-refractivity contribution in [3.63, 3.8) is 0 Å². The van der Waals surface area contributed by atoms with E-state index in [9.17, 15) is 8.78 Å². The number of hydrogen-bond donors (Lipinski definition) is 1. The highest BCUT2D eigenvalue weighted by atomic mass is 79.9. The van der Waals surface area contributed by atoms with Crippen LogP contribution in [-0.2, 0) is 6.42 Å². The zero-order chi connectivity index (χ0) is 10.7. The van der Waals surface area contributed by atoms with Gasteiger partial charge in [-0.3, -0.25) is 0 Å². The van der Waals surface area contributed by atoms with Crippen molar-refractivity contribution in [2.75, 3.05) is 5.73 Å². The molecule has 1 rings (SSSR count). The molecule has 0 unspecified atom stereocenters. The fraction of sp³-hybridized carbons (Fsp3) is 0.250. The third kappa shape index (κ3) is 1.99. The monoisotopic (exact) mass is 261 g/mol. The van der Waals surface area contributed by atoms with Gasteiger partial charge in [-0.15, -0.1) is 0 Å². The second kappa shape index (κ2) is 4.33. The van der Waals surface area contributed by atoms with Gasteiger partial charge in [0.25, 0.3) is 6.43 Å². The molecule has 0 radical (unpaired) electrons. The summed E-state index contributed by atoms with van der Waals surface area (Å²) in [5.74, 6) is 0.111. The van der Waals surface area contributed by atoms with Gasteiger partial charge in [-0.25, -0.2) is 13.8 Å². The lowest BCUT2D eigenvalue weighted by Crippen LogP contribution is -2.01. The molecule has 0 amide bonds. The highest BCUT2D eigenvalue weighted by molar-refractivity contribution is 9.10. The zero-order valence-electron chi connectivity index (χ0n) is 6.97. The number of anilines is 1. The second-order valence-corrected chi connectivity index (χ2v) is 3.32. The predicted octanol–water partition coefficient (Wildman–Crippen LogP) is 2.43. The number of nitrogens with zero attached hydrogens (tertiary/aromatic N) is 2. The summed E-state index contributed by atoms with van der Waals surface area (Å²) in [4.78, 5) is 3.58. The third-order valence-corrected chi connectivity index (χ3v) is 2.56. The summed E-state index contributed by atoms with van der Waals surface area (Å²) in [6.45, 7) is 0. The van der Waals surface area contributed by atoms with Crippen molar-refractivity contribution < 1.29 is 8.78 Å². The molecule has 6 heteroatoms. The van der Waals surface area contributed by atoms with Gasteiger partial charge < -0.3 is 5.73 Å². The molecule has 1 aromatic rings. The van der Waals surface area contributed by atoms with Gasteiger partial charge in [0.2, 0.25) is 0 Å². The maximum absolute atomic E-state index is 12.5. The van der Waals surface area contributed by atoms with Crippen LogP contribution in [0.5, 0.6) is 0 Å². The summed E-state index contributed by atoms with van der Waals surface area (Å²) in [6, 6.07) is 1.80. The minimum atomic E-state index is -2.65. The van der Waals surface area contributed by atoms with E-state index < -0.39 is 6.43 Å². The Labute approximate surface area is 87.7 Å². The molecule has 0 bridgehead atoms. The van der Waals surface area contributed by atoms with Crippen LogP contribution in [0, 0.1) is 11.3 Å². The molecule has 3 nitrogen and oxygen atoms in total. The average molecular weight is 262 g/mol. The Hall–Kier alpha value is -1.22. The fourth-order valence-corrected chi connectivity index (χ4v) is 1.47. The molecule has 0 spiro atoms. The number of nitriles is 1. The Kier molecular flexibility index (Phi) is 3.36. The van der Waals surface area contributed by atoms with Crippen LogP contribution >= 0.6 is 15.9 Å². The van der Waals surface area contributed by atoms with Crippen molar-refractivity contribution in [2.45, 2.75) is 12.8 Å². The van der Waals surface area contributed by atoms with E-state index in [0.29, 0.717) is 0 Å². The first-order valence-electron chi connectivity index (χ1n) is 3.65. The Morgan fingerprint density at radius 3 is 2.79 bits per heavy atom. The number of aromatic nitrogens is 1. The van der Waals surface area contributed by atoms with Crippen molar-refractivity contribution in [2.24, 2.45) is 0 Å². The molecule has 1 heterocycles. The van der Waals surface area contributed by atoms with Crippen molar-refractivity contribution in [1.82, 2.24) is 4.98 Å². The molecule has 0 saturated heterocycles. The van der Waals surface area contributed by atoms with E-state index in [-0.39, 0.29) is 27.8 Å². The Morgan fingerprint density at radius 1 is 1.64 bits per heavy atom. The molecule has 0 aromatic carbocycles. The summed E-state index contributed by atoms with van der Waals surface area (Å²) in [5.41, 5.74) is 5.35. The minimum Gasteiger partial charge on any atom is -0.383 e. The molecule has 74 valence electrons. The van der Waals surface area contributed by atoms with Crippen LogP contribution in [0.25, 0.3) is 0 Å². The largest absolute Gasteiger partial charge is 0.383 e. The van der Waals surface area contributed by atoms with E-state index in [1.807, 2.05) is 0 Å². The first-order valence-corrected chi connectivity index (χ1v) is 4.45. The van der Waals surface area contributed by atoms with Gasteiger partial charge >= 0.3 is 0 Å². The molecule has 0 aliphatic heterocycles. The molecular weight excluding hydrogens is 256 g/mol. The number of nitrogen functional groups attached to an aromatic ring is 1. The predicted molar refractivity (Wildman–Crippen MR) is 50.6 cm³/mol. The first kappa shape index (κ1) is 10.9. The number of nitrogens with two attached hydrogens (primary N) is 1. The van der Waals surface area contributed by atoms with Crippen molar-refractivity contribution >= 4 is 21.7 Å². The highest BCUT2D eigenvalue weighted by Crippen LogP contribution is 2.31. The van der Waals surface area contributed by atoms with Crippen LogP contribution in [0.3, 0.4) is 0 Å². The molecule has 14 heavy (non-hydrogen) atoms. The minimum absolute atomic E-state index is 0.111. The summed E-state index contributed by atoms with van der Waals surface area (Å²) >= 11 is 3.03. The van der Waals surface area contributed by atoms with Gasteiger partial charge in [0, 0.05) is 11.8 Å². The van der Waals surface area contributed by atoms with Crippen molar-refractivity contribution in [3.05, 3.63) is 21.8 Å². The van der Waals surface area contributed by atoms with E-state index in [1.54, 1.807) is 6.07 Å². The number of rotatable bonds is 2. The average Bonchev–Trinajstić information content (AvgIpc) is 2.13. The van der Waals surface area contributed by atoms with Crippen LogP contribution in [-0.4, -0.2) is 4.98 Å². The molecule has 0 aliphatic rings. The van der Waals surface area contributed by atoms with E-state index in [2.05, 4.69) is 20.9 Å². The number of hydrogen-bond acceptors (Lipinski definition) is 3. The summed E-state index contributed by atoms with van der Waals surface area (Å²) in [5, 5.41) is 8.46. The number of pyridine rings is 1. The fourth-order valence-electron chi connectivity index (χ4n) is 1.00. The Bertz CT molecular complexity index is 387. The van der Waals surface area contributed by atoms with Gasteiger partial charge in [-0.1, -0.05) is 0 Å². The molecule has 0 saturated carbocycles. The highest BCUT2D eigenvalue weighted by Gasteiger charge is 2.17. The van der Waals surface area contributed by atoms with Crippen LogP contribution < -0.4 is 5.73 Å². The lowest BCUT2D eigenvalue weighted by atomic mass is 10.1. The summed E-state index contributed by atoms with van der Waals surface area (Å²) < 4.78 is 25.2. The van der Waals surface area contributed by atoms with Gasteiger partial charge in [0.1, 0.15) is 5.82 Å². The SMILES string of the molecule is N#CCc1c(C(F)F)cnc(N)c1Br. The maximum atomic E-state index is 12.5. The molecule has 0 aliphatic carbocycles. The molecule has 1 aromatic heterocycles. The number of halogens is 3. The van der Waals surface area contributed by atoms with E-state index in [4.69, 9.17) is 11.0 Å². The lowest BCUT2D eigenvalue weighted by Gasteiger charge is -2.08. The normalized spacial score (nSPS) is 10.2. The Morgan fingerprint density at radius 2 is 2.29 bits per heavy atom. The van der Waals surface area contributed by atoms with Crippen LogP contribution in [0.2, 0.25) is 0 Å². The third-order valence-electron chi connectivity index (χ3n) is 1.67. The van der Waals surface area contributed by atoms with Crippen LogP contribution in [0.1, 0.15) is 17.6 Å². The van der Waals surface area contributed by atoms with Gasteiger partial charge in [-0.2, -0.15) is 5.26 Å². The smallest absolute Gasteiger partial charge is 0.265 e. The van der Waals surface area contributed by atoms with Gasteiger partial charge in [-0.05, 0) is 21.5 Å². The Balaban J connectivity index is 3.31. The molecule has 0 fully saturated rings. The maximum Gasteiger partial charge on any atom is 0.265 e. The summed E-state index contributed by atoms with van der Waals surface area (Å²) in [6.07, 6.45) is -1.77. The van der Waals surface area contributed by atoms with Crippen LogP contribution in [0.4, 0.5) is 14.6 Å². The van der Waals surface area contributed by atoms with Crippen molar-refractivity contribution in [3.8, 4) is 6.07 Å². The second-order valence-electron chi connectivity index (χ2n) is 2.53. The zero-order valence-corrected chi connectivity index (χ0v) is 8.55. The quantitative estimate of drug-likeness (QED) is 0.890. The van der Waals surface area contributed by atoms with Crippen molar-refractivity contribution in [1.29, 1.82) is 5.26 Å². The molecule has 0 atom stereocenters. The summed E-state index contributed by atoms with van der Waals surface area (Å²) in [7, 11) is 0. The van der Waals surface area contributed by atoms with E-state index in [0.717, 1.165) is 6.20 Å². The van der Waals surface area contributed by atoms with E-state index in [1.165, 1.54) is 0 Å².